The number of nitrogens with two attached hydrogens (primary N) is 1. The molecule has 0 aromatic rings. The van der Waals surface area contributed by atoms with Crippen molar-refractivity contribution in [3.05, 3.63) is 0 Å². The van der Waals surface area contributed by atoms with Gasteiger partial charge in [0.05, 0.1) is 12.7 Å². The maximum atomic E-state index is 5.39. The highest BCUT2D eigenvalue weighted by molar-refractivity contribution is 4.55. The molecule has 0 heterocycles. The molecule has 3 nitrogen and oxygen atoms in total. The van der Waals surface area contributed by atoms with Gasteiger partial charge in [-0.25, -0.2) is 0 Å². The summed E-state index contributed by atoms with van der Waals surface area (Å²) in [6.45, 7) is 3.97. The van der Waals surface area contributed by atoms with Crippen LogP contribution in [-0.4, -0.2) is 33.0 Å². The number of hydrogen-bond acceptors (Lipinski definition) is 3. The van der Waals surface area contributed by atoms with Crippen molar-refractivity contribution in [1.82, 2.24) is 0 Å². The first-order valence-electron chi connectivity index (χ1n) is 3.65. The first kappa shape index (κ1) is 9.88. The van der Waals surface area contributed by atoms with Crippen molar-refractivity contribution >= 4 is 0 Å². The molecule has 0 aromatic carbocycles. The Balaban J connectivity index is 3.21. The van der Waals surface area contributed by atoms with Crippen LogP contribution in [0.3, 0.4) is 0 Å². The molecule has 0 spiro atoms. The predicted octanol–water partition coefficient (Wildman–Crippen LogP) is 0.387. The molecule has 62 valence electrons. The molecule has 0 aliphatic rings. The van der Waals surface area contributed by atoms with Crippen LogP contribution in [0.5, 0.6) is 0 Å². The minimum absolute atomic E-state index is 0.0740. The minimum Gasteiger partial charge on any atom is -0.382 e. The summed E-state index contributed by atoms with van der Waals surface area (Å²) in [4.78, 5) is 0. The number of hydrogen-bond donors (Lipinski definition) is 1. The smallest absolute Gasteiger partial charge is 0.0930 e. The molecule has 2 N–H and O–H groups in total. The van der Waals surface area contributed by atoms with Crippen LogP contribution in [0.1, 0.15) is 13.3 Å². The average molecular weight is 147 g/mol. The lowest BCUT2D eigenvalue weighted by Crippen LogP contribution is -2.28. The fourth-order valence-electron chi connectivity index (χ4n) is 0.655. The lowest BCUT2D eigenvalue weighted by molar-refractivity contribution is 0.00397. The Hall–Kier alpha value is -0.120. The third kappa shape index (κ3) is 4.73. The quantitative estimate of drug-likeness (QED) is 0.591. The molecular formula is C7H17NO2. The summed E-state index contributed by atoms with van der Waals surface area (Å²) in [7, 11) is 1.65. The molecule has 10 heavy (non-hydrogen) atoms. The Morgan fingerprint density at radius 2 is 2.20 bits per heavy atom. The fraction of sp³-hybridized carbons (Fsp3) is 1.00. The van der Waals surface area contributed by atoms with E-state index in [0.29, 0.717) is 13.2 Å². The van der Waals surface area contributed by atoms with Gasteiger partial charge in [-0.15, -0.1) is 0 Å². The number of ether oxygens (including phenoxy) is 2. The molecule has 0 rings (SSSR count). The zero-order chi connectivity index (χ0) is 7.82. The molecule has 0 amide bonds. The van der Waals surface area contributed by atoms with Gasteiger partial charge < -0.3 is 15.2 Å². The van der Waals surface area contributed by atoms with Gasteiger partial charge in [0.15, 0.2) is 0 Å². The van der Waals surface area contributed by atoms with E-state index < -0.39 is 0 Å². The van der Waals surface area contributed by atoms with E-state index in [1.54, 1.807) is 7.11 Å². The Kier molecular flexibility index (Phi) is 6.91. The minimum atomic E-state index is 0.0740. The van der Waals surface area contributed by atoms with Crippen molar-refractivity contribution < 1.29 is 9.47 Å². The van der Waals surface area contributed by atoms with Crippen LogP contribution in [0, 0.1) is 0 Å². The Morgan fingerprint density at radius 3 is 2.60 bits per heavy atom. The summed E-state index contributed by atoms with van der Waals surface area (Å²) >= 11 is 0. The van der Waals surface area contributed by atoms with Gasteiger partial charge in [0.1, 0.15) is 0 Å². The first-order valence-corrected chi connectivity index (χ1v) is 3.65. The van der Waals surface area contributed by atoms with Crippen LogP contribution in [-0.2, 0) is 9.47 Å². The largest absolute Gasteiger partial charge is 0.382 e. The van der Waals surface area contributed by atoms with E-state index in [4.69, 9.17) is 15.2 Å². The van der Waals surface area contributed by atoms with Gasteiger partial charge in [-0.05, 0) is 6.42 Å². The average Bonchev–Trinajstić information content (AvgIpc) is 1.98. The summed E-state index contributed by atoms with van der Waals surface area (Å²) < 4.78 is 10.2. The van der Waals surface area contributed by atoms with Gasteiger partial charge in [-0.1, -0.05) is 6.92 Å². The van der Waals surface area contributed by atoms with Crippen molar-refractivity contribution in [2.45, 2.75) is 19.4 Å². The zero-order valence-electron chi connectivity index (χ0n) is 6.80. The second-order valence-corrected chi connectivity index (χ2v) is 2.18. The van der Waals surface area contributed by atoms with Gasteiger partial charge in [0.25, 0.3) is 0 Å². The van der Waals surface area contributed by atoms with Gasteiger partial charge >= 0.3 is 0 Å². The maximum Gasteiger partial charge on any atom is 0.0930 e. The monoisotopic (exact) mass is 147 g/mol. The van der Waals surface area contributed by atoms with E-state index in [1.807, 2.05) is 0 Å². The second kappa shape index (κ2) is 6.99. The van der Waals surface area contributed by atoms with Gasteiger partial charge in [-0.3, -0.25) is 0 Å². The third-order valence-electron chi connectivity index (χ3n) is 1.17. The summed E-state index contributed by atoms with van der Waals surface area (Å²) in [6, 6.07) is 0. The maximum absolute atomic E-state index is 5.39. The van der Waals surface area contributed by atoms with Crippen molar-refractivity contribution in [2.75, 3.05) is 26.9 Å². The molecule has 0 saturated carbocycles. The Morgan fingerprint density at radius 1 is 1.50 bits per heavy atom. The highest BCUT2D eigenvalue weighted by Crippen LogP contribution is 1.91. The lowest BCUT2D eigenvalue weighted by atomic mass is 10.4. The van der Waals surface area contributed by atoms with Crippen molar-refractivity contribution in [3.63, 3.8) is 0 Å². The van der Waals surface area contributed by atoms with E-state index in [-0.39, 0.29) is 6.10 Å². The van der Waals surface area contributed by atoms with Crippen LogP contribution >= 0.6 is 0 Å². The Labute approximate surface area is 62.5 Å². The molecule has 0 radical (unpaired) electrons. The SMILES string of the molecule is CCCOC(CN)COC. The topological polar surface area (TPSA) is 44.5 Å². The normalized spacial score (nSPS) is 13.5. The highest BCUT2D eigenvalue weighted by Gasteiger charge is 2.03. The summed E-state index contributed by atoms with van der Waals surface area (Å²) in [5.74, 6) is 0. The summed E-state index contributed by atoms with van der Waals surface area (Å²) in [5.41, 5.74) is 5.39. The number of rotatable bonds is 6. The lowest BCUT2D eigenvalue weighted by Gasteiger charge is -2.13. The van der Waals surface area contributed by atoms with E-state index in [2.05, 4.69) is 6.92 Å². The third-order valence-corrected chi connectivity index (χ3v) is 1.17. The molecule has 3 heteroatoms. The van der Waals surface area contributed by atoms with Crippen LogP contribution in [0.15, 0.2) is 0 Å². The molecule has 0 fully saturated rings. The molecule has 0 bridgehead atoms. The summed E-state index contributed by atoms with van der Waals surface area (Å²) in [5, 5.41) is 0. The van der Waals surface area contributed by atoms with E-state index in [9.17, 15) is 0 Å². The molecule has 0 aliphatic heterocycles. The molecular weight excluding hydrogens is 130 g/mol. The van der Waals surface area contributed by atoms with Crippen molar-refractivity contribution in [1.29, 1.82) is 0 Å². The molecule has 1 atom stereocenters. The van der Waals surface area contributed by atoms with Crippen LogP contribution in [0.25, 0.3) is 0 Å². The van der Waals surface area contributed by atoms with Gasteiger partial charge in [-0.2, -0.15) is 0 Å². The van der Waals surface area contributed by atoms with Crippen molar-refractivity contribution in [3.8, 4) is 0 Å². The molecule has 0 aliphatic carbocycles. The van der Waals surface area contributed by atoms with E-state index >= 15 is 0 Å². The second-order valence-electron chi connectivity index (χ2n) is 2.18. The van der Waals surface area contributed by atoms with E-state index in [1.165, 1.54) is 0 Å². The van der Waals surface area contributed by atoms with E-state index in [0.717, 1.165) is 13.0 Å². The first-order chi connectivity index (χ1) is 4.85. The fourth-order valence-corrected chi connectivity index (χ4v) is 0.655. The molecule has 0 saturated heterocycles. The van der Waals surface area contributed by atoms with Gasteiger partial charge in [0.2, 0.25) is 0 Å². The number of methoxy groups -OCH3 is 1. The zero-order valence-corrected chi connectivity index (χ0v) is 6.80. The van der Waals surface area contributed by atoms with Crippen molar-refractivity contribution in [2.24, 2.45) is 5.73 Å². The van der Waals surface area contributed by atoms with Crippen LogP contribution in [0.4, 0.5) is 0 Å². The van der Waals surface area contributed by atoms with Crippen LogP contribution in [0.2, 0.25) is 0 Å². The standard InChI is InChI=1S/C7H17NO2/c1-3-4-10-7(5-8)6-9-2/h7H,3-6,8H2,1-2H3. The Bertz CT molecular complexity index is 68.6. The summed E-state index contributed by atoms with van der Waals surface area (Å²) in [6.07, 6.45) is 1.10. The molecule has 0 aromatic heterocycles. The predicted molar refractivity (Wildman–Crippen MR) is 41.0 cm³/mol. The molecule has 1 unspecified atom stereocenters. The highest BCUT2D eigenvalue weighted by atomic mass is 16.5. The van der Waals surface area contributed by atoms with Crippen LogP contribution < -0.4 is 5.73 Å². The van der Waals surface area contributed by atoms with Gasteiger partial charge in [0, 0.05) is 20.3 Å².